The molecule has 1 atom stereocenters. The van der Waals surface area contributed by atoms with Crippen molar-refractivity contribution in [1.29, 1.82) is 0 Å². The van der Waals surface area contributed by atoms with E-state index < -0.39 is 6.03 Å². The molecule has 0 fully saturated rings. The maximum absolute atomic E-state index is 12.1. The summed E-state index contributed by atoms with van der Waals surface area (Å²) in [4.78, 5) is 12.1. The lowest BCUT2D eigenvalue weighted by Gasteiger charge is -2.17. The first-order chi connectivity index (χ1) is 13.8. The van der Waals surface area contributed by atoms with E-state index in [1.807, 2.05) is 45.0 Å². The van der Waals surface area contributed by atoms with Crippen molar-refractivity contribution in [2.75, 3.05) is 11.9 Å². The number of ether oxygens (including phenoxy) is 2. The number of rotatable bonds is 8. The third-order valence-corrected chi connectivity index (χ3v) is 5.63. The summed E-state index contributed by atoms with van der Waals surface area (Å²) < 4.78 is 13.4. The molecule has 0 heterocycles. The molecule has 29 heavy (non-hydrogen) atoms. The van der Waals surface area contributed by atoms with Crippen molar-refractivity contribution in [1.82, 2.24) is 5.43 Å². The molecule has 0 radical (unpaired) electrons. The standard InChI is InChI=1S/C21H25Br2N3O3/c1-5-14(4)29-20-11-18(23)15(10-19(20)28-6-2)12-24-26-21(27)25-16-7-8-17(22)13(3)9-16/h7-12,14H,5-6H2,1-4H3,(H2,25,26,27)/b24-12+/t14-/m1/s1. The maximum Gasteiger partial charge on any atom is 0.339 e. The van der Waals surface area contributed by atoms with Gasteiger partial charge in [0.05, 0.1) is 18.9 Å². The van der Waals surface area contributed by atoms with Crippen LogP contribution in [0.1, 0.15) is 38.3 Å². The van der Waals surface area contributed by atoms with Crippen molar-refractivity contribution in [3.8, 4) is 11.5 Å². The van der Waals surface area contributed by atoms with E-state index in [0.29, 0.717) is 23.8 Å². The van der Waals surface area contributed by atoms with Crippen molar-refractivity contribution in [3.05, 3.63) is 50.4 Å². The minimum absolute atomic E-state index is 0.0771. The first kappa shape index (κ1) is 23.2. The molecule has 2 N–H and O–H groups in total. The number of aryl methyl sites for hydroxylation is 1. The molecular formula is C21H25Br2N3O3. The van der Waals surface area contributed by atoms with Crippen LogP contribution in [0.15, 0.2) is 44.4 Å². The number of benzene rings is 2. The van der Waals surface area contributed by atoms with Crippen LogP contribution in [0.4, 0.5) is 10.5 Å². The van der Waals surface area contributed by atoms with E-state index in [9.17, 15) is 4.79 Å². The van der Waals surface area contributed by atoms with Gasteiger partial charge in [-0.2, -0.15) is 5.10 Å². The van der Waals surface area contributed by atoms with Crippen LogP contribution >= 0.6 is 31.9 Å². The lowest BCUT2D eigenvalue weighted by molar-refractivity contribution is 0.203. The van der Waals surface area contributed by atoms with Crippen molar-refractivity contribution >= 4 is 49.8 Å². The summed E-state index contributed by atoms with van der Waals surface area (Å²) in [5.41, 5.74) is 4.93. The minimum atomic E-state index is -0.430. The highest BCUT2D eigenvalue weighted by Gasteiger charge is 2.12. The Morgan fingerprint density at radius 1 is 1.17 bits per heavy atom. The lowest BCUT2D eigenvalue weighted by Crippen LogP contribution is -2.24. The van der Waals surface area contributed by atoms with E-state index in [1.165, 1.54) is 0 Å². The van der Waals surface area contributed by atoms with E-state index >= 15 is 0 Å². The van der Waals surface area contributed by atoms with Crippen molar-refractivity contribution in [2.45, 2.75) is 40.2 Å². The van der Waals surface area contributed by atoms with Gasteiger partial charge in [0.15, 0.2) is 11.5 Å². The summed E-state index contributed by atoms with van der Waals surface area (Å²) in [5, 5.41) is 6.76. The molecule has 0 saturated carbocycles. The minimum Gasteiger partial charge on any atom is -0.490 e. The Morgan fingerprint density at radius 2 is 1.93 bits per heavy atom. The maximum atomic E-state index is 12.1. The fourth-order valence-corrected chi connectivity index (χ4v) is 3.02. The van der Waals surface area contributed by atoms with Gasteiger partial charge in [-0.1, -0.05) is 22.9 Å². The molecule has 156 valence electrons. The molecule has 0 spiro atoms. The number of hydrazone groups is 1. The number of hydrogen-bond donors (Lipinski definition) is 2. The number of nitrogens with one attached hydrogen (secondary N) is 2. The molecule has 6 nitrogen and oxygen atoms in total. The molecule has 0 bridgehead atoms. The van der Waals surface area contributed by atoms with E-state index in [4.69, 9.17) is 9.47 Å². The first-order valence-corrected chi connectivity index (χ1v) is 10.9. The monoisotopic (exact) mass is 525 g/mol. The smallest absolute Gasteiger partial charge is 0.339 e. The molecule has 0 aliphatic rings. The summed E-state index contributed by atoms with van der Waals surface area (Å²) in [6, 6.07) is 8.80. The third-order valence-electron chi connectivity index (χ3n) is 4.05. The molecule has 2 aromatic carbocycles. The molecule has 0 aliphatic heterocycles. The van der Waals surface area contributed by atoms with Gasteiger partial charge < -0.3 is 14.8 Å². The normalized spacial score (nSPS) is 11.9. The van der Waals surface area contributed by atoms with Crippen LogP contribution in [-0.2, 0) is 0 Å². The zero-order valence-corrected chi connectivity index (χ0v) is 20.1. The molecule has 2 rings (SSSR count). The highest BCUT2D eigenvalue weighted by molar-refractivity contribution is 9.10. The molecule has 0 unspecified atom stereocenters. The number of carbonyl (C=O) groups is 1. The Morgan fingerprint density at radius 3 is 2.59 bits per heavy atom. The second-order valence-electron chi connectivity index (χ2n) is 6.38. The van der Waals surface area contributed by atoms with Gasteiger partial charge in [-0.3, -0.25) is 0 Å². The number of carbonyl (C=O) groups excluding carboxylic acids is 1. The molecule has 0 saturated heterocycles. The van der Waals surface area contributed by atoms with Crippen molar-refractivity contribution in [3.63, 3.8) is 0 Å². The van der Waals surface area contributed by atoms with Crippen molar-refractivity contribution < 1.29 is 14.3 Å². The Balaban J connectivity index is 2.07. The third kappa shape index (κ3) is 7.04. The van der Waals surface area contributed by atoms with Gasteiger partial charge in [-0.15, -0.1) is 0 Å². The summed E-state index contributed by atoms with van der Waals surface area (Å²) in [7, 11) is 0. The van der Waals surface area contributed by atoms with Gasteiger partial charge in [0, 0.05) is 20.2 Å². The fraction of sp³-hybridized carbons (Fsp3) is 0.333. The fourth-order valence-electron chi connectivity index (χ4n) is 2.35. The van der Waals surface area contributed by atoms with Crippen LogP contribution in [0.2, 0.25) is 0 Å². The van der Waals surface area contributed by atoms with E-state index in [-0.39, 0.29) is 6.10 Å². The summed E-state index contributed by atoms with van der Waals surface area (Å²) >= 11 is 6.95. The Kier molecular flexibility index (Phi) is 8.98. The topological polar surface area (TPSA) is 72.0 Å². The van der Waals surface area contributed by atoms with Crippen LogP contribution in [0.5, 0.6) is 11.5 Å². The molecule has 0 aliphatic carbocycles. The summed E-state index contributed by atoms with van der Waals surface area (Å²) in [6.07, 6.45) is 2.52. The zero-order valence-electron chi connectivity index (χ0n) is 16.9. The number of halogens is 2. The van der Waals surface area contributed by atoms with Crippen LogP contribution in [0, 0.1) is 6.92 Å². The Hall–Kier alpha value is -2.06. The van der Waals surface area contributed by atoms with Crippen LogP contribution in [0.3, 0.4) is 0 Å². The highest BCUT2D eigenvalue weighted by Crippen LogP contribution is 2.34. The van der Waals surface area contributed by atoms with Crippen LogP contribution in [0.25, 0.3) is 0 Å². The van der Waals surface area contributed by atoms with Gasteiger partial charge >= 0.3 is 6.03 Å². The first-order valence-electron chi connectivity index (χ1n) is 9.33. The molecule has 2 amide bonds. The zero-order chi connectivity index (χ0) is 21.4. The van der Waals surface area contributed by atoms with Gasteiger partial charge in [-0.25, -0.2) is 10.2 Å². The van der Waals surface area contributed by atoms with Gasteiger partial charge in [-0.05, 0) is 79.0 Å². The van der Waals surface area contributed by atoms with Gasteiger partial charge in [0.25, 0.3) is 0 Å². The average molecular weight is 527 g/mol. The second kappa shape index (κ2) is 11.2. The summed E-state index contributed by atoms with van der Waals surface area (Å²) in [5.74, 6) is 1.30. The SMILES string of the molecule is CCOc1cc(/C=N/NC(=O)Nc2ccc(Br)c(C)c2)c(Br)cc1O[C@H](C)CC. The Bertz CT molecular complexity index is 888. The quantitative estimate of drug-likeness (QED) is 0.315. The molecule has 8 heteroatoms. The average Bonchev–Trinajstić information content (AvgIpc) is 2.68. The van der Waals surface area contributed by atoms with Crippen LogP contribution < -0.4 is 20.2 Å². The molecule has 0 aromatic heterocycles. The highest BCUT2D eigenvalue weighted by atomic mass is 79.9. The van der Waals surface area contributed by atoms with Crippen molar-refractivity contribution in [2.24, 2.45) is 5.10 Å². The van der Waals surface area contributed by atoms with Gasteiger partial charge in [0.2, 0.25) is 0 Å². The van der Waals surface area contributed by atoms with Gasteiger partial charge in [0.1, 0.15) is 0 Å². The number of hydrogen-bond acceptors (Lipinski definition) is 4. The molecular weight excluding hydrogens is 502 g/mol. The predicted molar refractivity (Wildman–Crippen MR) is 124 cm³/mol. The van der Waals surface area contributed by atoms with E-state index in [1.54, 1.807) is 12.3 Å². The number of urea groups is 1. The lowest BCUT2D eigenvalue weighted by atomic mass is 10.2. The van der Waals surface area contributed by atoms with E-state index in [2.05, 4.69) is 54.6 Å². The number of nitrogens with zero attached hydrogens (tertiary/aromatic N) is 1. The van der Waals surface area contributed by atoms with Crippen LogP contribution in [-0.4, -0.2) is 25.0 Å². The number of amides is 2. The summed E-state index contributed by atoms with van der Waals surface area (Å²) in [6.45, 7) is 8.45. The number of anilines is 1. The molecule has 2 aromatic rings. The second-order valence-corrected chi connectivity index (χ2v) is 8.09. The largest absolute Gasteiger partial charge is 0.490 e. The predicted octanol–water partition coefficient (Wildman–Crippen LogP) is 6.25. The van der Waals surface area contributed by atoms with E-state index in [0.717, 1.165) is 26.5 Å². The Labute approximate surface area is 188 Å².